The summed E-state index contributed by atoms with van der Waals surface area (Å²) in [5.41, 5.74) is 1.56. The summed E-state index contributed by atoms with van der Waals surface area (Å²) in [6.45, 7) is 3.67. The van der Waals surface area contributed by atoms with Gasteiger partial charge < -0.3 is 14.4 Å². The SMILES string of the molecule is CN1CC2C(C1)C2CN(Cc1cccc(Cl)c1)C(=O)c1cn(C)cn1. The second-order valence-electron chi connectivity index (χ2n) is 7.45. The predicted molar refractivity (Wildman–Crippen MR) is 97.4 cm³/mol. The number of piperidine rings is 1. The lowest BCUT2D eigenvalue weighted by Gasteiger charge is -2.24. The molecule has 2 aromatic rings. The Morgan fingerprint density at radius 3 is 2.72 bits per heavy atom. The van der Waals surface area contributed by atoms with Crippen LogP contribution in [0.4, 0.5) is 0 Å². The second kappa shape index (κ2) is 6.46. The molecule has 132 valence electrons. The molecule has 4 rings (SSSR count). The average Bonchev–Trinajstić information content (AvgIpc) is 2.92. The molecule has 1 aliphatic heterocycles. The molecule has 1 aromatic heterocycles. The van der Waals surface area contributed by atoms with Crippen molar-refractivity contribution in [1.82, 2.24) is 19.4 Å². The molecule has 0 spiro atoms. The van der Waals surface area contributed by atoms with E-state index in [2.05, 4.69) is 16.9 Å². The van der Waals surface area contributed by atoms with Gasteiger partial charge in [0.2, 0.25) is 0 Å². The molecule has 0 N–H and O–H groups in total. The van der Waals surface area contributed by atoms with E-state index in [1.54, 1.807) is 12.5 Å². The third-order valence-corrected chi connectivity index (χ3v) is 5.69. The highest BCUT2D eigenvalue weighted by Gasteiger charge is 2.55. The molecule has 2 fully saturated rings. The van der Waals surface area contributed by atoms with Crippen LogP contribution in [0.15, 0.2) is 36.8 Å². The van der Waals surface area contributed by atoms with E-state index in [9.17, 15) is 4.79 Å². The third kappa shape index (κ3) is 3.44. The number of rotatable bonds is 5. The van der Waals surface area contributed by atoms with Crippen LogP contribution in [0, 0.1) is 17.8 Å². The molecular weight excluding hydrogens is 336 g/mol. The number of hydrogen-bond acceptors (Lipinski definition) is 3. The highest BCUT2D eigenvalue weighted by Crippen LogP contribution is 2.51. The standard InChI is InChI=1S/C19H23ClN4O/c1-22-8-15-16(9-22)17(15)10-24(7-13-4-3-5-14(20)6-13)19(25)18-11-23(2)12-21-18/h3-6,11-12,15-17H,7-10H2,1-2H3. The minimum absolute atomic E-state index is 0.00102. The lowest BCUT2D eigenvalue weighted by atomic mass is 10.1. The van der Waals surface area contributed by atoms with Gasteiger partial charge >= 0.3 is 0 Å². The van der Waals surface area contributed by atoms with E-state index in [0.717, 1.165) is 37.0 Å². The zero-order chi connectivity index (χ0) is 17.6. The number of likely N-dealkylation sites (tertiary alicyclic amines) is 1. The number of nitrogens with zero attached hydrogens (tertiary/aromatic N) is 4. The third-order valence-electron chi connectivity index (χ3n) is 5.46. The Labute approximate surface area is 153 Å². The zero-order valence-corrected chi connectivity index (χ0v) is 15.4. The molecule has 6 heteroatoms. The summed E-state index contributed by atoms with van der Waals surface area (Å²) in [5, 5.41) is 0.702. The molecule has 1 saturated heterocycles. The first-order chi connectivity index (χ1) is 12.0. The van der Waals surface area contributed by atoms with Crippen LogP contribution in [0.3, 0.4) is 0 Å². The average molecular weight is 359 g/mol. The fourth-order valence-electron chi connectivity index (χ4n) is 4.15. The van der Waals surface area contributed by atoms with E-state index in [1.807, 2.05) is 40.8 Å². The van der Waals surface area contributed by atoms with E-state index in [-0.39, 0.29) is 5.91 Å². The van der Waals surface area contributed by atoms with Crippen molar-refractivity contribution in [2.24, 2.45) is 24.8 Å². The van der Waals surface area contributed by atoms with Gasteiger partial charge in [0.05, 0.1) is 6.33 Å². The van der Waals surface area contributed by atoms with Gasteiger partial charge in [0.25, 0.3) is 5.91 Å². The van der Waals surface area contributed by atoms with Gasteiger partial charge in [-0.1, -0.05) is 23.7 Å². The highest BCUT2D eigenvalue weighted by atomic mass is 35.5. The fourth-order valence-corrected chi connectivity index (χ4v) is 4.36. The Morgan fingerprint density at radius 1 is 1.32 bits per heavy atom. The number of benzene rings is 1. The first kappa shape index (κ1) is 16.6. The lowest BCUT2D eigenvalue weighted by molar-refractivity contribution is 0.0720. The Balaban J connectivity index is 1.51. The van der Waals surface area contributed by atoms with Gasteiger partial charge in [-0.25, -0.2) is 4.98 Å². The van der Waals surface area contributed by atoms with Crippen LogP contribution in [0.1, 0.15) is 16.1 Å². The summed E-state index contributed by atoms with van der Waals surface area (Å²) in [7, 11) is 4.05. The molecule has 1 amide bonds. The molecule has 1 aromatic carbocycles. The molecule has 1 aliphatic carbocycles. The summed E-state index contributed by atoms with van der Waals surface area (Å²) in [4.78, 5) is 21.6. The van der Waals surface area contributed by atoms with Crippen LogP contribution >= 0.6 is 11.6 Å². The van der Waals surface area contributed by atoms with Crippen molar-refractivity contribution in [3.05, 3.63) is 53.1 Å². The van der Waals surface area contributed by atoms with Crippen molar-refractivity contribution in [3.63, 3.8) is 0 Å². The van der Waals surface area contributed by atoms with Crippen molar-refractivity contribution in [1.29, 1.82) is 0 Å². The Morgan fingerprint density at radius 2 is 2.08 bits per heavy atom. The van der Waals surface area contributed by atoms with Crippen molar-refractivity contribution in [2.45, 2.75) is 6.54 Å². The second-order valence-corrected chi connectivity index (χ2v) is 7.89. The van der Waals surface area contributed by atoms with Crippen molar-refractivity contribution >= 4 is 17.5 Å². The Hall–Kier alpha value is -1.85. The van der Waals surface area contributed by atoms with E-state index in [1.165, 1.54) is 0 Å². The molecule has 0 radical (unpaired) electrons. The summed E-state index contributed by atoms with van der Waals surface area (Å²) in [5.74, 6) is 2.09. The van der Waals surface area contributed by atoms with Gasteiger partial charge in [-0.2, -0.15) is 0 Å². The maximum atomic E-state index is 13.0. The summed E-state index contributed by atoms with van der Waals surface area (Å²) < 4.78 is 1.81. The molecule has 2 aliphatic rings. The predicted octanol–water partition coefficient (Wildman–Crippen LogP) is 2.52. The lowest BCUT2D eigenvalue weighted by Crippen LogP contribution is -2.34. The summed E-state index contributed by atoms with van der Waals surface area (Å²) in [6, 6.07) is 7.74. The molecule has 2 unspecified atom stereocenters. The Kier molecular flexibility index (Phi) is 4.29. The number of carbonyl (C=O) groups is 1. The number of imidazole rings is 1. The molecule has 5 nitrogen and oxygen atoms in total. The van der Waals surface area contributed by atoms with Crippen LogP contribution in [0.5, 0.6) is 0 Å². The number of fused-ring (bicyclic) bond motifs is 1. The van der Waals surface area contributed by atoms with Crippen LogP contribution in [-0.2, 0) is 13.6 Å². The smallest absolute Gasteiger partial charge is 0.274 e. The van der Waals surface area contributed by atoms with E-state index in [4.69, 9.17) is 11.6 Å². The molecule has 2 atom stereocenters. The monoisotopic (exact) mass is 358 g/mol. The van der Waals surface area contributed by atoms with Gasteiger partial charge in [-0.05, 0) is 42.5 Å². The first-order valence-electron chi connectivity index (χ1n) is 8.71. The van der Waals surface area contributed by atoms with Gasteiger partial charge in [-0.3, -0.25) is 4.79 Å². The fraction of sp³-hybridized carbons (Fsp3) is 0.474. The van der Waals surface area contributed by atoms with Crippen molar-refractivity contribution in [3.8, 4) is 0 Å². The van der Waals surface area contributed by atoms with Crippen LogP contribution < -0.4 is 0 Å². The molecule has 2 heterocycles. The largest absolute Gasteiger partial charge is 0.340 e. The van der Waals surface area contributed by atoms with E-state index in [0.29, 0.717) is 23.2 Å². The zero-order valence-electron chi connectivity index (χ0n) is 14.6. The topological polar surface area (TPSA) is 41.4 Å². The Bertz CT molecular complexity index is 777. The maximum absolute atomic E-state index is 13.0. The van der Waals surface area contributed by atoms with E-state index >= 15 is 0 Å². The maximum Gasteiger partial charge on any atom is 0.274 e. The number of carbonyl (C=O) groups excluding carboxylic acids is 1. The van der Waals surface area contributed by atoms with Crippen molar-refractivity contribution in [2.75, 3.05) is 26.7 Å². The van der Waals surface area contributed by atoms with Gasteiger partial charge in [0, 0.05) is 44.4 Å². The summed E-state index contributed by atoms with van der Waals surface area (Å²) >= 11 is 6.12. The van der Waals surface area contributed by atoms with Crippen LogP contribution in [0.2, 0.25) is 5.02 Å². The minimum Gasteiger partial charge on any atom is -0.340 e. The highest BCUT2D eigenvalue weighted by molar-refractivity contribution is 6.30. The normalized spacial score (nSPS) is 25.0. The van der Waals surface area contributed by atoms with Crippen LogP contribution in [-0.4, -0.2) is 51.9 Å². The number of aryl methyl sites for hydroxylation is 1. The number of aromatic nitrogens is 2. The van der Waals surface area contributed by atoms with Gasteiger partial charge in [-0.15, -0.1) is 0 Å². The molecule has 0 bridgehead atoms. The molecular formula is C19H23ClN4O. The summed E-state index contributed by atoms with van der Waals surface area (Å²) in [6.07, 6.45) is 3.46. The first-order valence-corrected chi connectivity index (χ1v) is 9.09. The van der Waals surface area contributed by atoms with E-state index < -0.39 is 0 Å². The van der Waals surface area contributed by atoms with Crippen molar-refractivity contribution < 1.29 is 4.79 Å². The van der Waals surface area contributed by atoms with Gasteiger partial charge in [0.1, 0.15) is 5.69 Å². The minimum atomic E-state index is -0.00102. The van der Waals surface area contributed by atoms with Gasteiger partial charge in [0.15, 0.2) is 0 Å². The molecule has 1 saturated carbocycles. The molecule has 25 heavy (non-hydrogen) atoms. The number of amides is 1. The van der Waals surface area contributed by atoms with Crippen LogP contribution in [0.25, 0.3) is 0 Å². The number of halogens is 1. The quantitative estimate of drug-likeness (QED) is 0.824. The number of hydrogen-bond donors (Lipinski definition) is 0.